The zero-order chi connectivity index (χ0) is 18.1. The summed E-state index contributed by atoms with van der Waals surface area (Å²) in [5.74, 6) is 3.26. The molecule has 0 unspecified atom stereocenters. The number of nitrogens with one attached hydrogen (secondary N) is 2. The molecule has 2 N–H and O–H groups in total. The number of furan rings is 1. The Morgan fingerprint density at radius 2 is 2.04 bits per heavy atom. The van der Waals surface area contributed by atoms with E-state index in [1.54, 1.807) is 6.26 Å². The van der Waals surface area contributed by atoms with Crippen LogP contribution in [0.1, 0.15) is 50.5 Å². The van der Waals surface area contributed by atoms with Gasteiger partial charge in [0, 0.05) is 31.5 Å². The van der Waals surface area contributed by atoms with Crippen molar-refractivity contribution in [1.29, 1.82) is 0 Å². The molecule has 0 aliphatic carbocycles. The summed E-state index contributed by atoms with van der Waals surface area (Å²) in [6.07, 6.45) is 4.21. The van der Waals surface area contributed by atoms with Gasteiger partial charge in [-0.25, -0.2) is 4.99 Å². The number of hydrogen-bond donors (Lipinski definition) is 2. The molecule has 0 aromatic carbocycles. The van der Waals surface area contributed by atoms with E-state index in [0.29, 0.717) is 12.5 Å². The minimum atomic E-state index is 0. The molecule has 6 nitrogen and oxygen atoms in total. The van der Waals surface area contributed by atoms with Crippen LogP contribution in [0.2, 0.25) is 0 Å². The predicted octanol–water partition coefficient (Wildman–Crippen LogP) is 3.94. The van der Waals surface area contributed by atoms with Crippen LogP contribution in [0.3, 0.4) is 0 Å². The second kappa shape index (κ2) is 12.0. The van der Waals surface area contributed by atoms with Crippen LogP contribution in [0, 0.1) is 5.92 Å². The minimum absolute atomic E-state index is 0. The van der Waals surface area contributed by atoms with Crippen LogP contribution in [0.5, 0.6) is 0 Å². The number of nitrogens with zero attached hydrogens (tertiary/aromatic N) is 2. The fourth-order valence-electron chi connectivity index (χ4n) is 2.51. The molecule has 0 saturated carbocycles. The van der Waals surface area contributed by atoms with Crippen LogP contribution in [0.25, 0.3) is 0 Å². The van der Waals surface area contributed by atoms with Crippen molar-refractivity contribution >= 4 is 29.9 Å². The Kier molecular flexibility index (Phi) is 10.4. The number of aliphatic imine (C=N–C) groups is 1. The summed E-state index contributed by atoms with van der Waals surface area (Å²) >= 11 is 0. The van der Waals surface area contributed by atoms with Gasteiger partial charge in [0.2, 0.25) is 0 Å². The van der Waals surface area contributed by atoms with Gasteiger partial charge in [0.25, 0.3) is 0 Å². The Labute approximate surface area is 173 Å². The second-order valence-electron chi connectivity index (χ2n) is 6.43. The summed E-state index contributed by atoms with van der Waals surface area (Å²) in [7, 11) is 0. The van der Waals surface area contributed by atoms with Crippen LogP contribution in [-0.2, 0) is 25.8 Å². The highest BCUT2D eigenvalue weighted by atomic mass is 127. The highest BCUT2D eigenvalue weighted by molar-refractivity contribution is 14.0. The molecule has 0 spiro atoms. The van der Waals surface area contributed by atoms with Gasteiger partial charge in [-0.3, -0.25) is 0 Å². The first-order valence-electron chi connectivity index (χ1n) is 9.14. The lowest BCUT2D eigenvalue weighted by Crippen LogP contribution is -2.40. The fraction of sp³-hybridized carbons (Fsp3) is 0.579. The molecule has 26 heavy (non-hydrogen) atoms. The van der Waals surface area contributed by atoms with Gasteiger partial charge in [0.05, 0.1) is 18.5 Å². The fourth-order valence-corrected chi connectivity index (χ4v) is 2.51. The lowest BCUT2D eigenvalue weighted by atomic mass is 10.1. The van der Waals surface area contributed by atoms with Gasteiger partial charge < -0.3 is 19.6 Å². The van der Waals surface area contributed by atoms with Crippen molar-refractivity contribution in [1.82, 2.24) is 15.8 Å². The van der Waals surface area contributed by atoms with Gasteiger partial charge in [-0.1, -0.05) is 32.9 Å². The largest absolute Gasteiger partial charge is 0.469 e. The van der Waals surface area contributed by atoms with E-state index >= 15 is 0 Å². The van der Waals surface area contributed by atoms with Crippen LogP contribution >= 0.6 is 24.0 Å². The van der Waals surface area contributed by atoms with Crippen molar-refractivity contribution in [3.8, 4) is 0 Å². The van der Waals surface area contributed by atoms with Crippen molar-refractivity contribution in [3.63, 3.8) is 0 Å². The maximum Gasteiger partial charge on any atom is 0.191 e. The summed E-state index contributed by atoms with van der Waals surface area (Å²) in [6, 6.07) is 3.89. The van der Waals surface area contributed by atoms with Crippen molar-refractivity contribution in [2.75, 3.05) is 13.1 Å². The molecule has 0 aliphatic heterocycles. The number of aromatic nitrogens is 1. The normalized spacial score (nSPS) is 11.5. The van der Waals surface area contributed by atoms with E-state index in [-0.39, 0.29) is 24.0 Å². The highest BCUT2D eigenvalue weighted by Gasteiger charge is 2.13. The zero-order valence-corrected chi connectivity index (χ0v) is 18.5. The first kappa shape index (κ1) is 22.5. The Morgan fingerprint density at radius 1 is 1.23 bits per heavy atom. The Hall–Kier alpha value is -1.51. The summed E-state index contributed by atoms with van der Waals surface area (Å²) in [5.41, 5.74) is 2.11. The maximum absolute atomic E-state index is 5.42. The number of rotatable bonds is 9. The number of hydrogen-bond acceptors (Lipinski definition) is 4. The predicted molar refractivity (Wildman–Crippen MR) is 115 cm³/mol. The molecule has 0 atom stereocenters. The third kappa shape index (κ3) is 7.01. The molecule has 0 radical (unpaired) electrons. The number of guanidine groups is 1. The van der Waals surface area contributed by atoms with E-state index in [1.165, 1.54) is 0 Å². The van der Waals surface area contributed by atoms with Crippen LogP contribution < -0.4 is 10.6 Å². The van der Waals surface area contributed by atoms with Gasteiger partial charge in [0.15, 0.2) is 5.96 Å². The summed E-state index contributed by atoms with van der Waals surface area (Å²) in [5, 5.41) is 10.9. The van der Waals surface area contributed by atoms with E-state index in [0.717, 1.165) is 61.1 Å². The van der Waals surface area contributed by atoms with Crippen molar-refractivity contribution in [3.05, 3.63) is 41.2 Å². The molecular formula is C19H31IN4O2. The van der Waals surface area contributed by atoms with E-state index in [2.05, 4.69) is 43.5 Å². The third-order valence-electron chi connectivity index (χ3n) is 3.92. The van der Waals surface area contributed by atoms with Gasteiger partial charge in [0.1, 0.15) is 11.5 Å². The zero-order valence-electron chi connectivity index (χ0n) is 16.2. The van der Waals surface area contributed by atoms with Crippen LogP contribution in [0.15, 0.2) is 32.3 Å². The molecule has 0 aliphatic rings. The molecular weight excluding hydrogens is 443 g/mol. The molecule has 0 fully saturated rings. The SMILES string of the molecule is CCc1noc(CC)c1CN=C(NCCc1ccco1)NCC(C)C.I. The van der Waals surface area contributed by atoms with Gasteiger partial charge in [-0.05, 0) is 24.5 Å². The molecule has 2 aromatic rings. The molecule has 0 saturated heterocycles. The topological polar surface area (TPSA) is 75.6 Å². The molecule has 2 heterocycles. The van der Waals surface area contributed by atoms with E-state index < -0.39 is 0 Å². The molecule has 146 valence electrons. The van der Waals surface area contributed by atoms with E-state index in [9.17, 15) is 0 Å². The van der Waals surface area contributed by atoms with Gasteiger partial charge in [-0.2, -0.15) is 0 Å². The number of aryl methyl sites for hydroxylation is 2. The monoisotopic (exact) mass is 474 g/mol. The molecule has 0 bridgehead atoms. The lowest BCUT2D eigenvalue weighted by molar-refractivity contribution is 0.380. The summed E-state index contributed by atoms with van der Waals surface area (Å²) in [4.78, 5) is 4.74. The lowest BCUT2D eigenvalue weighted by Gasteiger charge is -2.14. The van der Waals surface area contributed by atoms with Gasteiger partial charge >= 0.3 is 0 Å². The van der Waals surface area contributed by atoms with Crippen LogP contribution in [0.4, 0.5) is 0 Å². The highest BCUT2D eigenvalue weighted by Crippen LogP contribution is 2.16. The first-order chi connectivity index (χ1) is 12.1. The Morgan fingerprint density at radius 3 is 2.65 bits per heavy atom. The van der Waals surface area contributed by atoms with Crippen molar-refractivity contribution < 1.29 is 8.94 Å². The minimum Gasteiger partial charge on any atom is -0.469 e. The molecule has 2 rings (SSSR count). The molecule has 2 aromatic heterocycles. The summed E-state index contributed by atoms with van der Waals surface area (Å²) < 4.78 is 10.8. The first-order valence-corrected chi connectivity index (χ1v) is 9.14. The quantitative estimate of drug-likeness (QED) is 0.327. The van der Waals surface area contributed by atoms with E-state index in [4.69, 9.17) is 13.9 Å². The smallest absolute Gasteiger partial charge is 0.191 e. The van der Waals surface area contributed by atoms with E-state index in [1.807, 2.05) is 12.1 Å². The average Bonchev–Trinajstić information content (AvgIpc) is 3.25. The van der Waals surface area contributed by atoms with Crippen molar-refractivity contribution in [2.45, 2.75) is 53.5 Å². The second-order valence-corrected chi connectivity index (χ2v) is 6.43. The van der Waals surface area contributed by atoms with Gasteiger partial charge in [-0.15, -0.1) is 24.0 Å². The Bertz CT molecular complexity index is 629. The van der Waals surface area contributed by atoms with Crippen molar-refractivity contribution in [2.24, 2.45) is 10.9 Å². The molecule has 7 heteroatoms. The Balaban J connectivity index is 0.00000338. The average molecular weight is 474 g/mol. The summed E-state index contributed by atoms with van der Waals surface area (Å²) in [6.45, 7) is 10.7. The standard InChI is InChI=1S/C19H30N4O2.HI/c1-5-17-16(18(6-2)25-23-17)13-22-19(21-12-14(3)4)20-10-9-15-8-7-11-24-15;/h7-8,11,14H,5-6,9-10,12-13H2,1-4H3,(H2,20,21,22);1H. The third-order valence-corrected chi connectivity index (χ3v) is 3.92. The maximum atomic E-state index is 5.42. The van der Waals surface area contributed by atoms with Crippen LogP contribution in [-0.4, -0.2) is 24.2 Å². The molecule has 0 amide bonds. The number of halogens is 1.